The number of furan rings is 3. The van der Waals surface area contributed by atoms with Crippen LogP contribution in [0.5, 0.6) is 0 Å². The van der Waals surface area contributed by atoms with Gasteiger partial charge in [-0.05, 0) is 175 Å². The molecule has 0 atom stereocenters. The molecular weight excluding hydrogens is 2010 g/mol. The third-order valence-corrected chi connectivity index (χ3v) is 20.5. The molecule has 0 amide bonds. The van der Waals surface area contributed by atoms with Gasteiger partial charge in [0.1, 0.15) is 25.9 Å². The number of pyridine rings is 5. The number of carbonyl (C=O) groups is 3. The van der Waals surface area contributed by atoms with Crippen LogP contribution in [0.2, 0.25) is 0 Å². The number of nitrogens with zero attached hydrogens (tertiary/aromatic N) is 5. The van der Waals surface area contributed by atoms with Crippen LogP contribution in [0.15, 0.2) is 261 Å². The smallest absolute Gasteiger partial charge is 0.216 e. The quantitative estimate of drug-likeness (QED) is 0.0696. The van der Waals surface area contributed by atoms with Crippen LogP contribution in [0.3, 0.4) is 0 Å². The van der Waals surface area contributed by atoms with Gasteiger partial charge in [0.15, 0.2) is 17.3 Å². The molecule has 21 heteroatoms. The largest absolute Gasteiger partial charge is 0.512 e. The average molecular weight is 2080 g/mol. The van der Waals surface area contributed by atoms with E-state index in [0.29, 0.717) is 11.4 Å². The van der Waals surface area contributed by atoms with Gasteiger partial charge in [0.05, 0.1) is 34.0 Å². The van der Waals surface area contributed by atoms with Crippen LogP contribution >= 0.6 is 34.0 Å². The molecule has 11 aromatic heterocycles. The molecule has 0 unspecified atom stereocenters. The molecule has 3 radical (unpaired) electrons. The molecule has 0 aliphatic carbocycles. The Morgan fingerprint density at radius 1 is 0.381 bits per heavy atom. The number of aromatic nitrogens is 5. The van der Waals surface area contributed by atoms with Crippen molar-refractivity contribution in [2.45, 2.75) is 69.2 Å². The fourth-order valence-electron chi connectivity index (χ4n) is 12.6. The van der Waals surface area contributed by atoms with E-state index in [1.54, 1.807) is 46.1 Å². The zero-order chi connectivity index (χ0) is 77.4. The second-order valence-corrected chi connectivity index (χ2v) is 29.2. The number of ketones is 3. The summed E-state index contributed by atoms with van der Waals surface area (Å²) in [4.78, 5) is 60.5. The van der Waals surface area contributed by atoms with Crippen molar-refractivity contribution in [2.24, 2.45) is 0 Å². The van der Waals surface area contributed by atoms with Gasteiger partial charge in [-0.1, -0.05) is 148 Å². The number of para-hydroxylation sites is 1. The van der Waals surface area contributed by atoms with Crippen molar-refractivity contribution in [3.8, 4) is 65.1 Å². The number of thiophene rings is 3. The molecule has 0 aliphatic rings. The molecule has 0 spiro atoms. The van der Waals surface area contributed by atoms with Crippen LogP contribution in [0.1, 0.15) is 64.1 Å². The summed E-state index contributed by atoms with van der Waals surface area (Å²) in [7, 11) is 0. The molecule has 18 rings (SSSR count). The zero-order valence-electron chi connectivity index (χ0n) is 62.6. The summed E-state index contributed by atoms with van der Waals surface area (Å²) in [5.74, 6) is -0.419. The van der Waals surface area contributed by atoms with Crippen molar-refractivity contribution in [1.82, 2.24) is 24.9 Å². The molecule has 14 nitrogen and oxygen atoms in total. The van der Waals surface area contributed by atoms with Crippen LogP contribution in [0.25, 0.3) is 162 Å². The number of carbonyl (C=O) groups excluding carboxylic acids is 3. The third kappa shape index (κ3) is 19.9. The Bertz CT molecular complexity index is 6540. The van der Waals surface area contributed by atoms with E-state index in [1.165, 1.54) is 104 Å². The molecule has 0 saturated carbocycles. The first-order chi connectivity index (χ1) is 53.0. The van der Waals surface area contributed by atoms with Gasteiger partial charge in [0.2, 0.25) is 11.4 Å². The maximum atomic E-state index is 13.2. The Morgan fingerprint density at radius 2 is 0.752 bits per heavy atom. The first kappa shape index (κ1) is 84.5. The first-order valence-electron chi connectivity index (χ1n) is 35.0. The van der Waals surface area contributed by atoms with E-state index in [9.17, 15) is 18.8 Å². The Hall–Kier alpha value is -10.9. The Balaban J connectivity index is 0.000000157. The number of hydrogen-bond donors (Lipinski definition) is 3. The van der Waals surface area contributed by atoms with Gasteiger partial charge >= 0.3 is 0 Å². The summed E-state index contributed by atoms with van der Waals surface area (Å²) in [6.45, 7) is 16.8. The van der Waals surface area contributed by atoms with Gasteiger partial charge < -0.3 is 28.6 Å². The Morgan fingerprint density at radius 3 is 1.16 bits per heavy atom. The molecule has 18 aromatic rings. The second-order valence-electron chi connectivity index (χ2n) is 26.1. The van der Waals surface area contributed by atoms with Crippen molar-refractivity contribution in [1.29, 1.82) is 0 Å². The van der Waals surface area contributed by atoms with Crippen molar-refractivity contribution in [2.75, 3.05) is 0 Å². The Kier molecular flexibility index (Phi) is 28.1. The van der Waals surface area contributed by atoms with E-state index in [0.717, 1.165) is 141 Å². The minimum atomic E-state index is -0.232. The topological polar surface area (TPSA) is 216 Å². The van der Waals surface area contributed by atoms with E-state index < -0.39 is 0 Å². The molecular formula is C92H71FIr3N5O9S3-3. The minimum absolute atomic E-state index is 0. The molecule has 0 saturated heterocycles. The van der Waals surface area contributed by atoms with E-state index in [2.05, 4.69) is 145 Å². The number of fused-ring (bicyclic) bond motifs is 12. The molecule has 3 N–H and O–H groups in total. The number of hydrogen-bond acceptors (Lipinski definition) is 17. The maximum Gasteiger partial charge on any atom is 0.216 e. The summed E-state index contributed by atoms with van der Waals surface area (Å²) >= 11 is 5.03. The summed E-state index contributed by atoms with van der Waals surface area (Å²) < 4.78 is 31.6. The minimum Gasteiger partial charge on any atom is -0.512 e. The van der Waals surface area contributed by atoms with Gasteiger partial charge in [-0.15, -0.1) is 88.6 Å². The number of benzene rings is 7. The van der Waals surface area contributed by atoms with Gasteiger partial charge in [-0.3, -0.25) is 29.3 Å². The summed E-state index contributed by atoms with van der Waals surface area (Å²) in [5, 5.41) is 34.7. The van der Waals surface area contributed by atoms with Crippen molar-refractivity contribution >= 4 is 148 Å². The normalized spacial score (nSPS) is 11.3. The van der Waals surface area contributed by atoms with Crippen molar-refractivity contribution in [3.05, 3.63) is 294 Å². The molecule has 113 heavy (non-hydrogen) atoms. The summed E-state index contributed by atoms with van der Waals surface area (Å²) in [6, 6.07) is 80.4. The van der Waals surface area contributed by atoms with Gasteiger partial charge in [-0.25, -0.2) is 14.4 Å². The number of aryl methyl sites for hydroxylation is 4. The molecule has 0 fully saturated rings. The van der Waals surface area contributed by atoms with Gasteiger partial charge in [-0.2, -0.15) is 0 Å². The maximum absolute atomic E-state index is 13.2. The number of allylic oxidation sites excluding steroid dienone is 6. The predicted octanol–water partition coefficient (Wildman–Crippen LogP) is 25.3. The van der Waals surface area contributed by atoms with E-state index >= 15 is 0 Å². The summed E-state index contributed by atoms with van der Waals surface area (Å²) in [6.07, 6.45) is 3.50. The van der Waals surface area contributed by atoms with Crippen LogP contribution in [0.4, 0.5) is 4.39 Å². The molecule has 7 aromatic carbocycles. The van der Waals surface area contributed by atoms with Crippen molar-refractivity contribution < 1.29 is 108 Å². The number of rotatable bonds is 9. The molecule has 0 aliphatic heterocycles. The number of halogens is 1. The first-order valence-corrected chi connectivity index (χ1v) is 37.4. The molecule has 11 heterocycles. The Labute approximate surface area is 703 Å². The van der Waals surface area contributed by atoms with Crippen LogP contribution in [-0.4, -0.2) is 57.6 Å². The van der Waals surface area contributed by atoms with Crippen LogP contribution < -0.4 is 0 Å². The van der Waals surface area contributed by atoms with E-state index in [4.69, 9.17) is 43.5 Å². The monoisotopic (exact) mass is 2080 g/mol. The summed E-state index contributed by atoms with van der Waals surface area (Å²) in [5.41, 5.74) is 17.7. The second kappa shape index (κ2) is 37.6. The average Bonchev–Trinajstić information content (AvgIpc) is 1.62. The van der Waals surface area contributed by atoms with E-state index in [1.807, 2.05) is 98.8 Å². The van der Waals surface area contributed by atoms with Crippen LogP contribution in [0, 0.1) is 51.7 Å². The standard InChI is InChI=1S/C27H19N2OS.C25H13FNOS.C25H15N2OS.3C5H8O2.3Ir/c1-15-6-4-7-16(2)24(15)23-14-18-11-13-22(29-27(18)31-23)21-9-5-8-19-20-12-10-17(3)28-26(20)30-25(19)21;26-17-11-8-15(9-12-17)23-14-16-10-13-21(27-25(16)29-23)20-6-3-5-19-18-4-1-2-7-22(18)28-24(19)20;1-15-10-12-19-18-8-5-9-20(23(18)28-24(19)26-15)21-13-11-17-14-22(29-25(17)27-21)16-6-3-2-4-7-16;3*1-4(6)3-5(2)7;;;/h4-8,10-14H,1-3H3;1-5,7-14H;2-8,10-14H,1H3;3*3,6H,1-2H3;;;/q3*-1;;;;;;. The van der Waals surface area contributed by atoms with Gasteiger partial charge in [0.25, 0.3) is 0 Å². The predicted molar refractivity (Wildman–Crippen MR) is 446 cm³/mol. The number of aliphatic hydroxyl groups is 3. The van der Waals surface area contributed by atoms with E-state index in [-0.39, 0.29) is 101 Å². The van der Waals surface area contributed by atoms with Crippen molar-refractivity contribution in [3.63, 3.8) is 0 Å². The zero-order valence-corrected chi connectivity index (χ0v) is 72.2. The third-order valence-electron chi connectivity index (χ3n) is 17.3. The fraction of sp³-hybridized carbons (Fsp3) is 0.109. The SMILES string of the molecule is CC(=O)C=C(C)O.CC(=O)C=C(C)O.CC(=O)C=C(C)O.Cc1ccc2c(n1)oc1c(-c3ccc4cc(-c5c(C)cccc5C)sc4n3)[c-]ccc12.Cc1ccc2c(n1)oc1c(-c3ccc4cc(-c5ccccc5)sc4n3)[c-]ccc12.Fc1ccc(-c2cc3ccc(-c4[c-]ccc5c4oc4ccccc45)nc3s2)cc1.[Ir].[Ir].[Ir]. The van der Waals surface area contributed by atoms with Gasteiger partial charge in [0, 0.05) is 137 Å². The van der Waals surface area contributed by atoms with Crippen LogP contribution in [-0.2, 0) is 74.7 Å². The number of aliphatic hydroxyl groups excluding tert-OH is 3. The fourth-order valence-corrected chi connectivity index (χ4v) is 15.9. The molecule has 573 valence electrons. The molecule has 0 bridgehead atoms.